The Hall–Kier alpha value is -2.34. The minimum atomic E-state index is 1.15. The molecule has 0 spiro atoms. The molecule has 0 amide bonds. The van der Waals surface area contributed by atoms with Crippen molar-refractivity contribution in [3.05, 3.63) is 101 Å². The summed E-state index contributed by atoms with van der Waals surface area (Å²) in [6, 6.07) is 21.5. The van der Waals surface area contributed by atoms with Gasteiger partial charge in [-0.25, -0.2) is 0 Å². The van der Waals surface area contributed by atoms with Gasteiger partial charge in [0.25, 0.3) is 0 Å². The topological polar surface area (TPSA) is 0 Å². The van der Waals surface area contributed by atoms with Gasteiger partial charge in [0.15, 0.2) is 0 Å². The van der Waals surface area contributed by atoms with Crippen molar-refractivity contribution in [2.24, 2.45) is 0 Å². The Kier molecular flexibility index (Phi) is 4.70. The molecule has 0 saturated heterocycles. The van der Waals surface area contributed by atoms with Gasteiger partial charge in [0.2, 0.25) is 0 Å². The fourth-order valence-electron chi connectivity index (χ4n) is 2.97. The van der Waals surface area contributed by atoms with E-state index in [1.165, 1.54) is 40.7 Å². The van der Waals surface area contributed by atoms with Gasteiger partial charge >= 0.3 is 0 Å². The van der Waals surface area contributed by atoms with Crippen LogP contribution < -0.4 is 0 Å². The van der Waals surface area contributed by atoms with Crippen molar-refractivity contribution in [2.75, 3.05) is 0 Å². The van der Waals surface area contributed by atoms with E-state index in [-0.39, 0.29) is 0 Å². The van der Waals surface area contributed by atoms with Crippen molar-refractivity contribution < 1.29 is 0 Å². The lowest BCUT2D eigenvalue weighted by Crippen LogP contribution is -1.95. The maximum Gasteiger partial charge on any atom is -0.00361 e. The summed E-state index contributed by atoms with van der Waals surface area (Å²) in [5.74, 6) is 0. The molecule has 0 heterocycles. The zero-order chi connectivity index (χ0) is 15.2. The molecule has 0 unspecified atom stereocenters. The molecule has 2 aromatic rings. The van der Waals surface area contributed by atoms with Gasteiger partial charge in [-0.15, -0.1) is 0 Å². The number of benzene rings is 2. The molecule has 0 nitrogen and oxygen atoms in total. The van der Waals surface area contributed by atoms with Crippen LogP contribution in [0.25, 0.3) is 5.57 Å². The van der Waals surface area contributed by atoms with Crippen LogP contribution in [0.4, 0.5) is 0 Å². The van der Waals surface area contributed by atoms with E-state index in [0.29, 0.717) is 0 Å². The first kappa shape index (κ1) is 14.6. The molecule has 0 aromatic heterocycles. The van der Waals surface area contributed by atoms with E-state index < -0.39 is 0 Å². The van der Waals surface area contributed by atoms with E-state index in [0.717, 1.165) is 6.42 Å². The lowest BCUT2D eigenvalue weighted by atomic mass is 9.89. The molecule has 3 rings (SSSR count). The average Bonchev–Trinajstić information content (AvgIpc) is 3.03. The summed E-state index contributed by atoms with van der Waals surface area (Å²) in [4.78, 5) is 0. The van der Waals surface area contributed by atoms with Crippen LogP contribution in [0.2, 0.25) is 0 Å². The Morgan fingerprint density at radius 1 is 0.818 bits per heavy atom. The number of rotatable bonds is 5. The highest BCUT2D eigenvalue weighted by atomic mass is 14.2. The molecule has 0 atom stereocenters. The SMILES string of the molecule is CCCCC1=CC=CC1=C(c1ccccc1)c1ccccc1. The number of unbranched alkanes of at least 4 members (excludes halogenated alkanes) is 1. The molecule has 22 heavy (non-hydrogen) atoms. The van der Waals surface area contributed by atoms with Crippen LogP contribution in [-0.4, -0.2) is 0 Å². The predicted molar refractivity (Wildman–Crippen MR) is 95.7 cm³/mol. The lowest BCUT2D eigenvalue weighted by molar-refractivity contribution is 0.796. The zero-order valence-electron chi connectivity index (χ0n) is 13.1. The smallest absolute Gasteiger partial charge is 0.00361 e. The summed E-state index contributed by atoms with van der Waals surface area (Å²) in [5, 5.41) is 0. The molecule has 0 radical (unpaired) electrons. The Balaban J connectivity index is 2.12. The molecule has 0 N–H and O–H groups in total. The van der Waals surface area contributed by atoms with Crippen molar-refractivity contribution in [2.45, 2.75) is 26.2 Å². The molecular weight excluding hydrogens is 264 g/mol. The second-order valence-corrected chi connectivity index (χ2v) is 5.68. The minimum absolute atomic E-state index is 1.15. The summed E-state index contributed by atoms with van der Waals surface area (Å²) in [7, 11) is 0. The van der Waals surface area contributed by atoms with Crippen molar-refractivity contribution in [3.8, 4) is 0 Å². The second-order valence-electron chi connectivity index (χ2n) is 5.68. The number of hydrogen-bond donors (Lipinski definition) is 0. The quantitative estimate of drug-likeness (QED) is 0.616. The minimum Gasteiger partial charge on any atom is -0.0654 e. The van der Waals surface area contributed by atoms with Crippen molar-refractivity contribution >= 4 is 5.57 Å². The largest absolute Gasteiger partial charge is 0.0654 e. The third-order valence-corrected chi connectivity index (χ3v) is 4.10. The van der Waals surface area contributed by atoms with Gasteiger partial charge in [-0.05, 0) is 40.7 Å². The summed E-state index contributed by atoms with van der Waals surface area (Å²) in [5.41, 5.74) is 6.77. The second kappa shape index (κ2) is 7.09. The van der Waals surface area contributed by atoms with Crippen molar-refractivity contribution in [3.63, 3.8) is 0 Å². The number of hydrogen-bond acceptors (Lipinski definition) is 0. The van der Waals surface area contributed by atoms with E-state index in [1.807, 2.05) is 0 Å². The first-order valence-corrected chi connectivity index (χ1v) is 8.13. The summed E-state index contributed by atoms with van der Waals surface area (Å²) in [6.07, 6.45) is 10.4. The first-order valence-electron chi connectivity index (χ1n) is 8.13. The molecule has 0 aliphatic heterocycles. The Morgan fingerprint density at radius 3 is 1.95 bits per heavy atom. The predicted octanol–water partition coefficient (Wildman–Crippen LogP) is 6.17. The molecule has 0 fully saturated rings. The average molecular weight is 286 g/mol. The van der Waals surface area contributed by atoms with Gasteiger partial charge in [0.1, 0.15) is 0 Å². The molecule has 1 aliphatic rings. The Bertz CT molecular complexity index is 659. The zero-order valence-corrected chi connectivity index (χ0v) is 13.1. The van der Waals surface area contributed by atoms with Crippen LogP contribution in [0.1, 0.15) is 37.3 Å². The molecule has 0 heteroatoms. The van der Waals surface area contributed by atoms with Crippen molar-refractivity contribution in [1.82, 2.24) is 0 Å². The first-order chi connectivity index (χ1) is 10.9. The Labute approximate surface area is 133 Å². The maximum absolute atomic E-state index is 2.27. The van der Waals surface area contributed by atoms with Crippen LogP contribution in [0, 0.1) is 0 Å². The van der Waals surface area contributed by atoms with Gasteiger partial charge in [-0.1, -0.05) is 92.2 Å². The number of allylic oxidation sites excluding steroid dienone is 5. The van der Waals surface area contributed by atoms with Gasteiger partial charge < -0.3 is 0 Å². The van der Waals surface area contributed by atoms with E-state index in [1.54, 1.807) is 0 Å². The van der Waals surface area contributed by atoms with E-state index in [9.17, 15) is 0 Å². The van der Waals surface area contributed by atoms with Crippen LogP contribution >= 0.6 is 0 Å². The third kappa shape index (κ3) is 3.12. The highest BCUT2D eigenvalue weighted by Gasteiger charge is 2.15. The fraction of sp³-hybridized carbons (Fsp3) is 0.182. The molecule has 0 bridgehead atoms. The third-order valence-electron chi connectivity index (χ3n) is 4.10. The fourth-order valence-corrected chi connectivity index (χ4v) is 2.97. The summed E-state index contributed by atoms with van der Waals surface area (Å²) >= 11 is 0. The molecule has 1 aliphatic carbocycles. The highest BCUT2D eigenvalue weighted by Crippen LogP contribution is 2.35. The standard InChI is InChI=1S/C22H22/c1-2-3-11-18-16-10-17-21(18)22(19-12-6-4-7-13-19)20-14-8-5-9-15-20/h4-10,12-17H,2-3,11H2,1H3. The van der Waals surface area contributed by atoms with Crippen LogP contribution in [0.3, 0.4) is 0 Å². The van der Waals surface area contributed by atoms with E-state index in [2.05, 4.69) is 85.8 Å². The van der Waals surface area contributed by atoms with Crippen LogP contribution in [0.15, 0.2) is 90.0 Å². The van der Waals surface area contributed by atoms with Gasteiger partial charge in [0, 0.05) is 0 Å². The van der Waals surface area contributed by atoms with Crippen LogP contribution in [-0.2, 0) is 0 Å². The molecule has 110 valence electrons. The van der Waals surface area contributed by atoms with Gasteiger partial charge in [0.05, 0.1) is 0 Å². The summed E-state index contributed by atoms with van der Waals surface area (Å²) in [6.45, 7) is 2.25. The van der Waals surface area contributed by atoms with E-state index >= 15 is 0 Å². The van der Waals surface area contributed by atoms with Gasteiger partial charge in [-0.2, -0.15) is 0 Å². The maximum atomic E-state index is 2.27. The monoisotopic (exact) mass is 286 g/mol. The van der Waals surface area contributed by atoms with Crippen molar-refractivity contribution in [1.29, 1.82) is 0 Å². The summed E-state index contributed by atoms with van der Waals surface area (Å²) < 4.78 is 0. The molecule has 0 saturated carbocycles. The molecule has 2 aromatic carbocycles. The molecular formula is C22H22. The normalized spacial score (nSPS) is 13.3. The van der Waals surface area contributed by atoms with Crippen LogP contribution in [0.5, 0.6) is 0 Å². The van der Waals surface area contributed by atoms with Gasteiger partial charge in [-0.3, -0.25) is 0 Å². The van der Waals surface area contributed by atoms with E-state index in [4.69, 9.17) is 0 Å². The highest BCUT2D eigenvalue weighted by molar-refractivity contribution is 5.87. The Morgan fingerprint density at radius 2 is 1.41 bits per heavy atom. The lowest BCUT2D eigenvalue weighted by Gasteiger charge is -2.15.